The third-order valence-corrected chi connectivity index (χ3v) is 2.47. The fraction of sp³-hybridized carbons (Fsp3) is 1.00. The second-order valence-corrected chi connectivity index (χ2v) is 3.21. The standard InChI is InChI=1S/C7H15NO2/c1-5-3-4-8-7(9,10)6(5)2/h5-6,8-10H,3-4H2,1-2H3. The number of hydrogen-bond donors (Lipinski definition) is 3. The van der Waals surface area contributed by atoms with Crippen LogP contribution in [0.2, 0.25) is 0 Å². The van der Waals surface area contributed by atoms with Crippen LogP contribution < -0.4 is 5.32 Å². The fourth-order valence-corrected chi connectivity index (χ4v) is 1.29. The summed E-state index contributed by atoms with van der Waals surface area (Å²) in [5.74, 6) is -1.34. The maximum absolute atomic E-state index is 9.26. The minimum absolute atomic E-state index is 0.0822. The molecule has 0 aromatic heterocycles. The SMILES string of the molecule is CC1CCNC(O)(O)C1C. The Balaban J connectivity index is 2.60. The minimum atomic E-state index is -1.64. The highest BCUT2D eigenvalue weighted by Crippen LogP contribution is 2.26. The van der Waals surface area contributed by atoms with Gasteiger partial charge in [-0.15, -0.1) is 0 Å². The molecule has 1 rings (SSSR count). The van der Waals surface area contributed by atoms with Gasteiger partial charge in [0, 0.05) is 12.5 Å². The van der Waals surface area contributed by atoms with E-state index in [4.69, 9.17) is 0 Å². The molecule has 0 bridgehead atoms. The van der Waals surface area contributed by atoms with Crippen molar-refractivity contribution in [3.8, 4) is 0 Å². The van der Waals surface area contributed by atoms with Gasteiger partial charge >= 0.3 is 0 Å². The highest BCUT2D eigenvalue weighted by Gasteiger charge is 2.37. The van der Waals surface area contributed by atoms with E-state index in [-0.39, 0.29) is 5.92 Å². The quantitative estimate of drug-likeness (QED) is 0.417. The molecule has 1 fully saturated rings. The largest absolute Gasteiger partial charge is 0.353 e. The number of nitrogens with one attached hydrogen (secondary N) is 1. The van der Waals surface area contributed by atoms with Crippen molar-refractivity contribution < 1.29 is 10.2 Å². The summed E-state index contributed by atoms with van der Waals surface area (Å²) < 4.78 is 0. The molecule has 1 saturated heterocycles. The molecule has 0 aliphatic carbocycles. The van der Waals surface area contributed by atoms with Gasteiger partial charge in [0.15, 0.2) is 0 Å². The number of rotatable bonds is 0. The summed E-state index contributed by atoms with van der Waals surface area (Å²) in [5, 5.41) is 21.2. The molecule has 0 aromatic carbocycles. The second-order valence-electron chi connectivity index (χ2n) is 3.21. The molecule has 10 heavy (non-hydrogen) atoms. The summed E-state index contributed by atoms with van der Waals surface area (Å²) in [6.45, 7) is 4.57. The Morgan fingerprint density at radius 2 is 2.00 bits per heavy atom. The van der Waals surface area contributed by atoms with Crippen LogP contribution in [0.25, 0.3) is 0 Å². The van der Waals surface area contributed by atoms with Crippen LogP contribution in [-0.4, -0.2) is 22.7 Å². The summed E-state index contributed by atoms with van der Waals surface area (Å²) in [5.41, 5.74) is 0. The second kappa shape index (κ2) is 2.49. The molecular weight excluding hydrogens is 130 g/mol. The van der Waals surface area contributed by atoms with E-state index < -0.39 is 5.91 Å². The molecule has 1 aliphatic heterocycles. The Morgan fingerprint density at radius 3 is 2.40 bits per heavy atom. The van der Waals surface area contributed by atoms with Crippen molar-refractivity contribution in [1.82, 2.24) is 5.32 Å². The predicted octanol–water partition coefficient (Wildman–Crippen LogP) is -0.110. The van der Waals surface area contributed by atoms with Crippen molar-refractivity contribution in [2.75, 3.05) is 6.54 Å². The molecular formula is C7H15NO2. The zero-order valence-corrected chi connectivity index (χ0v) is 6.46. The molecule has 0 amide bonds. The van der Waals surface area contributed by atoms with Crippen LogP contribution in [-0.2, 0) is 0 Å². The first-order valence-corrected chi connectivity index (χ1v) is 3.74. The Morgan fingerprint density at radius 1 is 1.40 bits per heavy atom. The molecule has 0 saturated carbocycles. The Labute approximate surface area is 61.1 Å². The molecule has 60 valence electrons. The summed E-state index contributed by atoms with van der Waals surface area (Å²) in [6, 6.07) is 0. The van der Waals surface area contributed by atoms with Crippen LogP contribution in [0.5, 0.6) is 0 Å². The number of piperidine rings is 1. The lowest BCUT2D eigenvalue weighted by Gasteiger charge is -2.38. The molecule has 3 N–H and O–H groups in total. The van der Waals surface area contributed by atoms with Gasteiger partial charge in [0.2, 0.25) is 5.91 Å². The van der Waals surface area contributed by atoms with E-state index in [1.54, 1.807) is 0 Å². The van der Waals surface area contributed by atoms with E-state index in [9.17, 15) is 10.2 Å². The monoisotopic (exact) mass is 145 g/mol. The van der Waals surface area contributed by atoms with Crippen molar-refractivity contribution in [3.63, 3.8) is 0 Å². The van der Waals surface area contributed by atoms with Crippen molar-refractivity contribution in [2.24, 2.45) is 11.8 Å². The van der Waals surface area contributed by atoms with Gasteiger partial charge in [-0.25, -0.2) is 0 Å². The average molecular weight is 145 g/mol. The van der Waals surface area contributed by atoms with Crippen molar-refractivity contribution in [3.05, 3.63) is 0 Å². The summed E-state index contributed by atoms with van der Waals surface area (Å²) >= 11 is 0. The van der Waals surface area contributed by atoms with Gasteiger partial charge < -0.3 is 10.2 Å². The van der Waals surface area contributed by atoms with Crippen LogP contribution >= 0.6 is 0 Å². The van der Waals surface area contributed by atoms with Crippen molar-refractivity contribution >= 4 is 0 Å². The number of aliphatic hydroxyl groups is 2. The Hall–Kier alpha value is -0.120. The van der Waals surface area contributed by atoms with Crippen molar-refractivity contribution in [2.45, 2.75) is 26.2 Å². The van der Waals surface area contributed by atoms with Gasteiger partial charge in [0.05, 0.1) is 0 Å². The lowest BCUT2D eigenvalue weighted by Crippen LogP contribution is -2.56. The van der Waals surface area contributed by atoms with Crippen LogP contribution in [0.4, 0.5) is 0 Å². The van der Waals surface area contributed by atoms with E-state index in [2.05, 4.69) is 5.32 Å². The zero-order valence-electron chi connectivity index (χ0n) is 6.46. The summed E-state index contributed by atoms with van der Waals surface area (Å²) in [6.07, 6.45) is 1.02. The zero-order chi connectivity index (χ0) is 7.78. The lowest BCUT2D eigenvalue weighted by molar-refractivity contribution is -0.240. The Kier molecular flexibility index (Phi) is 1.99. The average Bonchev–Trinajstić information content (AvgIpc) is 1.83. The van der Waals surface area contributed by atoms with Gasteiger partial charge in [-0.3, -0.25) is 5.32 Å². The number of hydrogen-bond acceptors (Lipinski definition) is 3. The molecule has 0 aromatic rings. The first kappa shape index (κ1) is 7.98. The van der Waals surface area contributed by atoms with Crippen molar-refractivity contribution in [1.29, 1.82) is 0 Å². The van der Waals surface area contributed by atoms with Gasteiger partial charge in [0.25, 0.3) is 0 Å². The van der Waals surface area contributed by atoms with E-state index in [1.807, 2.05) is 13.8 Å². The summed E-state index contributed by atoms with van der Waals surface area (Å²) in [4.78, 5) is 0. The van der Waals surface area contributed by atoms with Crippen LogP contribution in [0.15, 0.2) is 0 Å². The van der Waals surface area contributed by atoms with Gasteiger partial charge in [-0.2, -0.15) is 0 Å². The van der Waals surface area contributed by atoms with Gasteiger partial charge in [-0.1, -0.05) is 13.8 Å². The van der Waals surface area contributed by atoms with Crippen LogP contribution in [0.3, 0.4) is 0 Å². The fourth-order valence-electron chi connectivity index (χ4n) is 1.29. The molecule has 2 atom stereocenters. The van der Waals surface area contributed by atoms with Crippen LogP contribution in [0, 0.1) is 11.8 Å². The minimum Gasteiger partial charge on any atom is -0.353 e. The van der Waals surface area contributed by atoms with E-state index in [1.165, 1.54) is 0 Å². The summed E-state index contributed by atoms with van der Waals surface area (Å²) in [7, 11) is 0. The predicted molar refractivity (Wildman–Crippen MR) is 38.1 cm³/mol. The lowest BCUT2D eigenvalue weighted by atomic mass is 9.86. The third kappa shape index (κ3) is 1.31. The first-order valence-electron chi connectivity index (χ1n) is 3.74. The third-order valence-electron chi connectivity index (χ3n) is 2.47. The Bertz CT molecular complexity index is 125. The van der Waals surface area contributed by atoms with Gasteiger partial charge in [-0.05, 0) is 12.3 Å². The first-order chi connectivity index (χ1) is 4.54. The van der Waals surface area contributed by atoms with Gasteiger partial charge in [0.1, 0.15) is 0 Å². The molecule has 0 radical (unpaired) electrons. The van der Waals surface area contributed by atoms with E-state index in [0.717, 1.165) is 6.42 Å². The normalized spacial score (nSPS) is 39.6. The topological polar surface area (TPSA) is 52.5 Å². The highest BCUT2D eigenvalue weighted by atomic mass is 16.5. The van der Waals surface area contributed by atoms with E-state index in [0.29, 0.717) is 12.5 Å². The van der Waals surface area contributed by atoms with Crippen LogP contribution in [0.1, 0.15) is 20.3 Å². The molecule has 1 heterocycles. The molecule has 1 aliphatic rings. The molecule has 3 nitrogen and oxygen atoms in total. The van der Waals surface area contributed by atoms with E-state index >= 15 is 0 Å². The maximum Gasteiger partial charge on any atom is 0.225 e. The molecule has 2 unspecified atom stereocenters. The molecule has 0 spiro atoms. The smallest absolute Gasteiger partial charge is 0.225 e. The highest BCUT2D eigenvalue weighted by molar-refractivity contribution is 4.80. The molecule has 3 heteroatoms. The maximum atomic E-state index is 9.26.